The molecule has 4 heteroatoms. The van der Waals surface area contributed by atoms with Gasteiger partial charge in [0.15, 0.2) is 0 Å². The van der Waals surface area contributed by atoms with Gasteiger partial charge in [-0.1, -0.05) is 23.7 Å². The zero-order chi connectivity index (χ0) is 12.5. The van der Waals surface area contributed by atoms with E-state index < -0.39 is 0 Å². The van der Waals surface area contributed by atoms with Crippen LogP contribution in [0.4, 0.5) is 0 Å². The Hall–Kier alpha value is -0.900. The zero-order valence-corrected chi connectivity index (χ0v) is 11.8. The lowest BCUT2D eigenvalue weighted by Crippen LogP contribution is -2.05. The van der Waals surface area contributed by atoms with Crippen LogP contribution < -0.4 is 5.32 Å². The molecule has 94 valence electrons. The standard InChI is InChI=1S/C14H15ClN2S/c1-16-8-12-13(9-5-6-9)17-14(18-12)10-3-2-4-11(15)7-10/h2-4,7,9,16H,5-6,8H2,1H3. The van der Waals surface area contributed by atoms with E-state index in [0.29, 0.717) is 5.92 Å². The predicted octanol–water partition coefficient (Wildman–Crippen LogP) is 4.06. The SMILES string of the molecule is CNCc1sc(-c2cccc(Cl)c2)nc1C1CC1. The molecule has 1 aliphatic carbocycles. The van der Waals surface area contributed by atoms with Crippen molar-refractivity contribution in [3.05, 3.63) is 39.9 Å². The summed E-state index contributed by atoms with van der Waals surface area (Å²) in [6.45, 7) is 0.907. The van der Waals surface area contributed by atoms with Gasteiger partial charge in [-0.3, -0.25) is 0 Å². The van der Waals surface area contributed by atoms with Gasteiger partial charge in [0.2, 0.25) is 0 Å². The van der Waals surface area contributed by atoms with Crippen molar-refractivity contribution in [2.45, 2.75) is 25.3 Å². The van der Waals surface area contributed by atoms with Crippen LogP contribution in [0.2, 0.25) is 5.02 Å². The van der Waals surface area contributed by atoms with Gasteiger partial charge < -0.3 is 5.32 Å². The second-order valence-electron chi connectivity index (χ2n) is 4.64. The summed E-state index contributed by atoms with van der Waals surface area (Å²) in [5, 5.41) is 5.08. The Labute approximate surface area is 116 Å². The topological polar surface area (TPSA) is 24.9 Å². The van der Waals surface area contributed by atoms with E-state index in [9.17, 15) is 0 Å². The van der Waals surface area contributed by atoms with E-state index in [4.69, 9.17) is 16.6 Å². The number of rotatable bonds is 4. The van der Waals surface area contributed by atoms with Gasteiger partial charge in [-0.05, 0) is 32.0 Å². The first-order valence-corrected chi connectivity index (χ1v) is 7.37. The van der Waals surface area contributed by atoms with Gasteiger partial charge in [0.25, 0.3) is 0 Å². The van der Waals surface area contributed by atoms with Crippen molar-refractivity contribution in [1.82, 2.24) is 10.3 Å². The van der Waals surface area contributed by atoms with Crippen molar-refractivity contribution in [2.24, 2.45) is 0 Å². The first kappa shape index (κ1) is 12.2. The summed E-state index contributed by atoms with van der Waals surface area (Å²) in [6, 6.07) is 7.94. The van der Waals surface area contributed by atoms with Crippen LogP contribution in [0.15, 0.2) is 24.3 Å². The van der Waals surface area contributed by atoms with Crippen LogP contribution in [0.1, 0.15) is 29.3 Å². The number of halogens is 1. The number of nitrogens with one attached hydrogen (secondary N) is 1. The number of aromatic nitrogens is 1. The van der Waals surface area contributed by atoms with Crippen LogP contribution in [0.5, 0.6) is 0 Å². The predicted molar refractivity (Wildman–Crippen MR) is 77.3 cm³/mol. The van der Waals surface area contributed by atoms with Crippen molar-refractivity contribution < 1.29 is 0 Å². The molecule has 0 amide bonds. The van der Waals surface area contributed by atoms with Crippen LogP contribution in [-0.2, 0) is 6.54 Å². The molecule has 1 N–H and O–H groups in total. The van der Waals surface area contributed by atoms with Crippen LogP contribution in [0.25, 0.3) is 10.6 Å². The van der Waals surface area contributed by atoms with E-state index >= 15 is 0 Å². The van der Waals surface area contributed by atoms with Gasteiger partial charge >= 0.3 is 0 Å². The molecule has 1 fully saturated rings. The van der Waals surface area contributed by atoms with E-state index in [1.54, 1.807) is 11.3 Å². The molecule has 0 radical (unpaired) electrons. The van der Waals surface area contributed by atoms with Crippen LogP contribution in [0, 0.1) is 0 Å². The molecule has 0 aliphatic heterocycles. The van der Waals surface area contributed by atoms with Gasteiger partial charge in [0.05, 0.1) is 5.69 Å². The molecule has 0 spiro atoms. The number of thiazole rings is 1. The molecule has 0 saturated heterocycles. The Morgan fingerprint density at radius 1 is 1.44 bits per heavy atom. The minimum atomic E-state index is 0.692. The fourth-order valence-corrected chi connectivity index (χ4v) is 3.42. The monoisotopic (exact) mass is 278 g/mol. The molecule has 1 aromatic heterocycles. The molecule has 1 heterocycles. The highest BCUT2D eigenvalue weighted by atomic mass is 35.5. The Kier molecular flexibility index (Phi) is 3.37. The van der Waals surface area contributed by atoms with Gasteiger partial charge in [-0.15, -0.1) is 11.3 Å². The van der Waals surface area contributed by atoms with Crippen LogP contribution >= 0.6 is 22.9 Å². The van der Waals surface area contributed by atoms with E-state index in [-0.39, 0.29) is 0 Å². The lowest BCUT2D eigenvalue weighted by molar-refractivity contribution is 0.813. The Morgan fingerprint density at radius 2 is 2.28 bits per heavy atom. The van der Waals surface area contributed by atoms with E-state index in [2.05, 4.69) is 11.4 Å². The summed E-state index contributed by atoms with van der Waals surface area (Å²) in [5.74, 6) is 0.692. The van der Waals surface area contributed by atoms with Crippen LogP contribution in [0.3, 0.4) is 0 Å². The third kappa shape index (κ3) is 2.44. The smallest absolute Gasteiger partial charge is 0.123 e. The molecule has 1 aromatic carbocycles. The number of hydrogen-bond acceptors (Lipinski definition) is 3. The highest BCUT2D eigenvalue weighted by molar-refractivity contribution is 7.15. The molecular formula is C14H15ClN2S. The number of hydrogen-bond donors (Lipinski definition) is 1. The third-order valence-electron chi connectivity index (χ3n) is 3.10. The Morgan fingerprint density at radius 3 is 2.94 bits per heavy atom. The molecule has 0 unspecified atom stereocenters. The second-order valence-corrected chi connectivity index (χ2v) is 6.16. The van der Waals surface area contributed by atoms with Crippen molar-refractivity contribution in [1.29, 1.82) is 0 Å². The van der Waals surface area contributed by atoms with E-state index in [1.165, 1.54) is 23.4 Å². The molecule has 1 aliphatic rings. The van der Waals surface area contributed by atoms with Crippen molar-refractivity contribution in [2.75, 3.05) is 7.05 Å². The lowest BCUT2D eigenvalue weighted by atomic mass is 10.2. The number of nitrogens with zero attached hydrogens (tertiary/aromatic N) is 1. The van der Waals surface area contributed by atoms with Crippen molar-refractivity contribution >= 4 is 22.9 Å². The molecule has 0 atom stereocenters. The molecule has 1 saturated carbocycles. The molecule has 0 bridgehead atoms. The van der Waals surface area contributed by atoms with Gasteiger partial charge in [-0.25, -0.2) is 4.98 Å². The fourth-order valence-electron chi connectivity index (χ4n) is 2.07. The summed E-state index contributed by atoms with van der Waals surface area (Å²) in [5.41, 5.74) is 2.42. The normalized spacial score (nSPS) is 15.0. The number of benzene rings is 1. The third-order valence-corrected chi connectivity index (χ3v) is 4.46. The molecule has 2 aromatic rings. The molecule has 3 rings (SSSR count). The maximum Gasteiger partial charge on any atom is 0.123 e. The first-order valence-electron chi connectivity index (χ1n) is 6.18. The molecule has 18 heavy (non-hydrogen) atoms. The maximum absolute atomic E-state index is 6.04. The van der Waals surface area contributed by atoms with Crippen molar-refractivity contribution in [3.8, 4) is 10.6 Å². The summed E-state index contributed by atoms with van der Waals surface area (Å²) >= 11 is 7.82. The quantitative estimate of drug-likeness (QED) is 0.912. The summed E-state index contributed by atoms with van der Waals surface area (Å²) in [6.07, 6.45) is 2.57. The lowest BCUT2D eigenvalue weighted by Gasteiger charge is -1.97. The van der Waals surface area contributed by atoms with E-state index in [0.717, 1.165) is 22.1 Å². The van der Waals surface area contributed by atoms with E-state index in [1.807, 2.05) is 25.2 Å². The highest BCUT2D eigenvalue weighted by Crippen LogP contribution is 2.44. The summed E-state index contributed by atoms with van der Waals surface area (Å²) in [4.78, 5) is 6.19. The average molecular weight is 279 g/mol. The van der Waals surface area contributed by atoms with Gasteiger partial charge in [0, 0.05) is 27.9 Å². The maximum atomic E-state index is 6.04. The second kappa shape index (κ2) is 5.00. The van der Waals surface area contributed by atoms with Gasteiger partial charge in [-0.2, -0.15) is 0 Å². The largest absolute Gasteiger partial charge is 0.315 e. The Bertz CT molecular complexity index is 561. The van der Waals surface area contributed by atoms with Gasteiger partial charge in [0.1, 0.15) is 5.01 Å². The first-order chi connectivity index (χ1) is 8.78. The Balaban J connectivity index is 1.99. The average Bonchev–Trinajstić information content (AvgIpc) is 3.12. The summed E-state index contributed by atoms with van der Waals surface area (Å²) in [7, 11) is 1.98. The minimum Gasteiger partial charge on any atom is -0.315 e. The zero-order valence-electron chi connectivity index (χ0n) is 10.2. The fraction of sp³-hybridized carbons (Fsp3) is 0.357. The molecular weight excluding hydrogens is 264 g/mol. The van der Waals surface area contributed by atoms with Crippen LogP contribution in [-0.4, -0.2) is 12.0 Å². The highest BCUT2D eigenvalue weighted by Gasteiger charge is 2.29. The summed E-state index contributed by atoms with van der Waals surface area (Å²) < 4.78 is 0. The molecule has 2 nitrogen and oxygen atoms in total. The van der Waals surface area contributed by atoms with Crippen molar-refractivity contribution in [3.63, 3.8) is 0 Å². The minimum absolute atomic E-state index is 0.692.